The molecule has 2 saturated carbocycles. The number of nitrogens with one attached hydrogen (secondary N) is 2. The van der Waals surface area contributed by atoms with Gasteiger partial charge in [-0.1, -0.05) is 74.3 Å². The van der Waals surface area contributed by atoms with Gasteiger partial charge in [0.05, 0.1) is 12.2 Å². The van der Waals surface area contributed by atoms with E-state index in [1.165, 1.54) is 18.4 Å². The van der Waals surface area contributed by atoms with Gasteiger partial charge in [-0.3, -0.25) is 9.48 Å². The zero-order chi connectivity index (χ0) is 26.4. The Hall–Kier alpha value is -2.67. The average molecular weight is 520 g/mol. The molecule has 5 rings (SSSR count). The van der Waals surface area contributed by atoms with Crippen LogP contribution in [0.25, 0.3) is 11.3 Å². The molecule has 1 aromatic heterocycles. The molecule has 6 nitrogen and oxygen atoms in total. The molecule has 0 aliphatic heterocycles. The predicted molar refractivity (Wildman–Crippen MR) is 149 cm³/mol. The van der Waals surface area contributed by atoms with Crippen LogP contribution in [0.4, 0.5) is 0 Å². The van der Waals surface area contributed by atoms with Crippen LogP contribution in [0.2, 0.25) is 5.02 Å². The molecule has 0 radical (unpaired) electrons. The lowest BCUT2D eigenvalue weighted by atomic mass is 9.68. The minimum absolute atomic E-state index is 0.0573. The molecule has 0 spiro atoms. The number of nitrogens with zero attached hydrogens (tertiary/aromatic N) is 2. The van der Waals surface area contributed by atoms with Crippen LogP contribution in [0, 0.1) is 23.7 Å². The molecule has 0 saturated heterocycles. The van der Waals surface area contributed by atoms with Crippen LogP contribution in [0.15, 0.2) is 48.5 Å². The lowest BCUT2D eigenvalue weighted by Crippen LogP contribution is -2.52. The van der Waals surface area contributed by atoms with E-state index in [-0.39, 0.29) is 22.8 Å². The molecule has 1 heterocycles. The first-order valence-corrected chi connectivity index (χ1v) is 13.6. The topological polar surface area (TPSA) is 85.0 Å². The van der Waals surface area contributed by atoms with E-state index in [1.807, 2.05) is 28.9 Å². The number of carbonyl (C=O) groups is 1. The van der Waals surface area contributed by atoms with Crippen molar-refractivity contribution in [3.8, 4) is 11.3 Å². The largest absolute Gasteiger partial charge is 0.347 e. The van der Waals surface area contributed by atoms with Crippen LogP contribution in [0.3, 0.4) is 0 Å². The van der Waals surface area contributed by atoms with Gasteiger partial charge >= 0.3 is 0 Å². The first kappa shape index (κ1) is 26.0. The molecular weight excluding hydrogens is 482 g/mol. The van der Waals surface area contributed by atoms with E-state index >= 15 is 0 Å². The van der Waals surface area contributed by atoms with E-state index < -0.39 is 0 Å². The molecule has 2 fully saturated rings. The van der Waals surface area contributed by atoms with Crippen molar-refractivity contribution >= 4 is 17.5 Å². The number of hydrogen-bond donors (Lipinski definition) is 3. The van der Waals surface area contributed by atoms with Gasteiger partial charge in [-0.25, -0.2) is 0 Å². The minimum atomic E-state index is -0.112. The Bertz CT molecular complexity index is 1280. The van der Waals surface area contributed by atoms with Gasteiger partial charge in [-0.15, -0.1) is 0 Å². The van der Waals surface area contributed by atoms with Gasteiger partial charge in [-0.05, 0) is 60.6 Å². The molecule has 3 atom stereocenters. The number of amides is 1. The summed E-state index contributed by atoms with van der Waals surface area (Å²) >= 11 is 6.21. The molecule has 2 bridgehead atoms. The summed E-state index contributed by atoms with van der Waals surface area (Å²) in [4.78, 5) is 14.0. The lowest BCUT2D eigenvalue weighted by Gasteiger charge is -2.43. The summed E-state index contributed by atoms with van der Waals surface area (Å²) in [5.41, 5.74) is 11.5. The minimum Gasteiger partial charge on any atom is -0.347 e. The van der Waals surface area contributed by atoms with Crippen molar-refractivity contribution in [3.63, 3.8) is 0 Å². The van der Waals surface area contributed by atoms with Crippen molar-refractivity contribution in [1.29, 1.82) is 0 Å². The third-order valence-electron chi connectivity index (χ3n) is 8.83. The van der Waals surface area contributed by atoms with Gasteiger partial charge in [0.25, 0.3) is 5.91 Å². The second-order valence-electron chi connectivity index (χ2n) is 11.8. The number of benzene rings is 2. The molecule has 37 heavy (non-hydrogen) atoms. The number of rotatable bonds is 8. The third-order valence-corrected chi connectivity index (χ3v) is 9.08. The molecule has 1 amide bonds. The highest BCUT2D eigenvalue weighted by molar-refractivity contribution is 6.30. The molecule has 196 valence electrons. The zero-order valence-corrected chi connectivity index (χ0v) is 23.0. The highest BCUT2D eigenvalue weighted by atomic mass is 35.5. The van der Waals surface area contributed by atoms with Crippen LogP contribution >= 0.6 is 11.6 Å². The maximum Gasteiger partial charge on any atom is 0.272 e. The number of hydrogen-bond acceptors (Lipinski definition) is 4. The van der Waals surface area contributed by atoms with Crippen molar-refractivity contribution in [2.75, 3.05) is 6.67 Å². The fourth-order valence-corrected chi connectivity index (χ4v) is 6.95. The van der Waals surface area contributed by atoms with Crippen molar-refractivity contribution in [2.24, 2.45) is 22.5 Å². The monoisotopic (exact) mass is 519 g/mol. The predicted octanol–water partition coefficient (Wildman–Crippen LogP) is 5.51. The number of aromatic nitrogens is 2. The summed E-state index contributed by atoms with van der Waals surface area (Å²) in [7, 11) is 0. The second kappa shape index (κ2) is 9.90. The second-order valence-corrected chi connectivity index (χ2v) is 12.2. The normalized spacial score (nSPS) is 23.9. The van der Waals surface area contributed by atoms with Gasteiger partial charge in [-0.2, -0.15) is 5.10 Å². The molecular formula is C30H38ClN5O. The Morgan fingerprint density at radius 3 is 2.46 bits per heavy atom. The van der Waals surface area contributed by atoms with E-state index in [0.29, 0.717) is 36.4 Å². The first-order valence-electron chi connectivity index (χ1n) is 13.3. The van der Waals surface area contributed by atoms with E-state index in [1.54, 1.807) is 0 Å². The summed E-state index contributed by atoms with van der Waals surface area (Å²) < 4.78 is 1.95. The zero-order valence-electron chi connectivity index (χ0n) is 22.3. The van der Waals surface area contributed by atoms with Crippen molar-refractivity contribution in [2.45, 2.75) is 66.1 Å². The van der Waals surface area contributed by atoms with Gasteiger partial charge < -0.3 is 16.4 Å². The summed E-state index contributed by atoms with van der Waals surface area (Å²) in [5, 5.41) is 12.3. The maximum atomic E-state index is 14.0. The van der Waals surface area contributed by atoms with Gasteiger partial charge in [0.15, 0.2) is 5.69 Å². The number of nitrogens with two attached hydrogens (primary N) is 1. The molecule has 3 unspecified atom stereocenters. The fourth-order valence-electron chi connectivity index (χ4n) is 6.82. The number of fused-ring (bicyclic) bond motifs is 2. The maximum absolute atomic E-state index is 14.0. The summed E-state index contributed by atoms with van der Waals surface area (Å²) in [5.74, 6) is 0.531. The van der Waals surface area contributed by atoms with Crippen LogP contribution in [0.5, 0.6) is 0 Å². The van der Waals surface area contributed by atoms with Crippen molar-refractivity contribution in [3.05, 3.63) is 75.9 Å². The van der Waals surface area contributed by atoms with Crippen LogP contribution in [-0.4, -0.2) is 28.4 Å². The Kier molecular flexibility index (Phi) is 6.94. The standard InChI is InChI=1S/C30H38ClN5O/c1-19-5-7-20(8-6-19)17-36-26(21-9-11-23(31)12-10-21)24(16-33-18-32)25(35-36)27(37)34-28-29(2,3)22-13-14-30(28,4)15-22/h5-12,22,28,33H,13-18,32H2,1-4H3,(H,34,37). The van der Waals surface area contributed by atoms with E-state index in [4.69, 9.17) is 22.4 Å². The fraction of sp³-hybridized carbons (Fsp3) is 0.467. The Morgan fingerprint density at radius 1 is 1.14 bits per heavy atom. The van der Waals surface area contributed by atoms with Crippen molar-refractivity contribution < 1.29 is 4.79 Å². The van der Waals surface area contributed by atoms with Crippen LogP contribution in [-0.2, 0) is 13.1 Å². The van der Waals surface area contributed by atoms with Gasteiger partial charge in [0.2, 0.25) is 0 Å². The highest BCUT2D eigenvalue weighted by Gasteiger charge is 2.59. The molecule has 3 aromatic rings. The van der Waals surface area contributed by atoms with E-state index in [9.17, 15) is 4.79 Å². The van der Waals surface area contributed by atoms with Gasteiger partial charge in [0, 0.05) is 35.4 Å². The average Bonchev–Trinajstić information content (AvgIpc) is 3.49. The summed E-state index contributed by atoms with van der Waals surface area (Å²) in [6, 6.07) is 16.3. The first-order chi connectivity index (χ1) is 17.6. The number of halogens is 1. The quantitative estimate of drug-likeness (QED) is 0.342. The molecule has 4 N–H and O–H groups in total. The summed E-state index contributed by atoms with van der Waals surface area (Å²) in [6.45, 7) is 10.3. The lowest BCUT2D eigenvalue weighted by molar-refractivity contribution is 0.0731. The Labute approximate surface area is 225 Å². The summed E-state index contributed by atoms with van der Waals surface area (Å²) in [6.07, 6.45) is 3.57. The third kappa shape index (κ3) is 4.83. The van der Waals surface area contributed by atoms with Crippen LogP contribution < -0.4 is 16.4 Å². The Balaban J connectivity index is 1.57. The van der Waals surface area contributed by atoms with E-state index in [2.05, 4.69) is 62.6 Å². The molecule has 2 aromatic carbocycles. The SMILES string of the molecule is Cc1ccc(Cn2nc(C(=O)NC3C4(C)CCC(C4)C3(C)C)c(CNCN)c2-c2ccc(Cl)cc2)cc1. The smallest absolute Gasteiger partial charge is 0.272 e. The van der Waals surface area contributed by atoms with E-state index in [0.717, 1.165) is 28.8 Å². The number of carbonyl (C=O) groups excluding carboxylic acids is 1. The van der Waals surface area contributed by atoms with Crippen molar-refractivity contribution in [1.82, 2.24) is 20.4 Å². The highest BCUT2D eigenvalue weighted by Crippen LogP contribution is 2.62. The van der Waals surface area contributed by atoms with Crippen LogP contribution in [0.1, 0.15) is 67.2 Å². The molecule has 2 aliphatic carbocycles. The molecule has 7 heteroatoms. The van der Waals surface area contributed by atoms with Gasteiger partial charge in [0.1, 0.15) is 0 Å². The number of aryl methyl sites for hydroxylation is 1. The molecule has 2 aliphatic rings. The Morgan fingerprint density at radius 2 is 1.84 bits per heavy atom.